The monoisotopic (exact) mass is 340 g/mol. The van der Waals surface area contributed by atoms with Crippen molar-refractivity contribution in [2.24, 2.45) is 5.92 Å². The summed E-state index contributed by atoms with van der Waals surface area (Å²) in [5, 5.41) is 12.2. The Hall–Kier alpha value is -2.40. The molecule has 2 aromatic rings. The number of amides is 1. The van der Waals surface area contributed by atoms with Crippen molar-refractivity contribution < 1.29 is 9.90 Å². The number of aliphatic hydroxyl groups excluding tert-OH is 1. The van der Waals surface area contributed by atoms with Crippen LogP contribution in [-0.2, 0) is 0 Å². The van der Waals surface area contributed by atoms with Gasteiger partial charge >= 0.3 is 0 Å². The number of rotatable bonds is 4. The minimum Gasteiger partial charge on any atom is -0.396 e. The predicted molar refractivity (Wildman–Crippen MR) is 97.5 cm³/mol. The first kappa shape index (κ1) is 17.4. The van der Waals surface area contributed by atoms with Crippen molar-refractivity contribution >= 4 is 5.91 Å². The van der Waals surface area contributed by atoms with E-state index in [1.54, 1.807) is 6.07 Å². The van der Waals surface area contributed by atoms with Crippen LogP contribution in [0.2, 0.25) is 0 Å². The molecule has 0 bridgehead atoms. The fraction of sp³-hybridized carbons (Fsp3) is 0.400. The van der Waals surface area contributed by atoms with Crippen LogP contribution in [-0.4, -0.2) is 28.6 Å². The van der Waals surface area contributed by atoms with Gasteiger partial charge in [0, 0.05) is 23.9 Å². The van der Waals surface area contributed by atoms with Gasteiger partial charge in [-0.25, -0.2) is 0 Å². The fourth-order valence-corrected chi connectivity index (χ4v) is 3.46. The number of nitrogens with one attached hydrogen (secondary N) is 2. The maximum absolute atomic E-state index is 12.6. The number of pyridine rings is 1. The quantitative estimate of drug-likeness (QED) is 0.800. The highest BCUT2D eigenvalue weighted by atomic mass is 16.3. The molecule has 0 atom stereocenters. The summed E-state index contributed by atoms with van der Waals surface area (Å²) in [6.45, 7) is 2.04. The smallest absolute Gasteiger partial charge is 0.261 e. The number of carbonyl (C=O) groups excluding carboxylic acids is 1. The summed E-state index contributed by atoms with van der Waals surface area (Å²) in [7, 11) is 0. The van der Waals surface area contributed by atoms with E-state index in [-0.39, 0.29) is 29.7 Å². The maximum Gasteiger partial charge on any atom is 0.261 e. The number of hydrogen-bond donors (Lipinski definition) is 3. The molecule has 1 amide bonds. The number of benzene rings is 1. The molecular weight excluding hydrogens is 316 g/mol. The van der Waals surface area contributed by atoms with Gasteiger partial charge in [-0.2, -0.15) is 0 Å². The Morgan fingerprint density at radius 1 is 1.20 bits per heavy atom. The molecule has 0 spiro atoms. The molecule has 1 aliphatic carbocycles. The van der Waals surface area contributed by atoms with Crippen molar-refractivity contribution in [3.8, 4) is 11.1 Å². The molecule has 25 heavy (non-hydrogen) atoms. The van der Waals surface area contributed by atoms with Crippen molar-refractivity contribution in [1.82, 2.24) is 10.3 Å². The molecule has 1 aromatic heterocycles. The van der Waals surface area contributed by atoms with Crippen molar-refractivity contribution in [3.05, 3.63) is 58.0 Å². The van der Waals surface area contributed by atoms with Gasteiger partial charge in [0.1, 0.15) is 5.56 Å². The summed E-state index contributed by atoms with van der Waals surface area (Å²) in [5.74, 6) is 0.00601. The van der Waals surface area contributed by atoms with Gasteiger partial charge < -0.3 is 15.4 Å². The second-order valence-electron chi connectivity index (χ2n) is 6.79. The fourth-order valence-electron chi connectivity index (χ4n) is 3.46. The SMILES string of the molecule is Cc1[nH]c(=O)c(C(=O)NC2CCC(CO)CC2)cc1-c1ccccc1. The molecule has 0 saturated heterocycles. The number of H-pyrrole nitrogens is 1. The molecule has 1 heterocycles. The summed E-state index contributed by atoms with van der Waals surface area (Å²) < 4.78 is 0. The van der Waals surface area contributed by atoms with E-state index < -0.39 is 0 Å². The molecule has 0 unspecified atom stereocenters. The molecule has 132 valence electrons. The third kappa shape index (κ3) is 3.99. The minimum atomic E-state index is -0.362. The van der Waals surface area contributed by atoms with Crippen LogP contribution >= 0.6 is 0 Å². The van der Waals surface area contributed by atoms with E-state index in [9.17, 15) is 14.7 Å². The van der Waals surface area contributed by atoms with Crippen LogP contribution in [0.25, 0.3) is 11.1 Å². The van der Waals surface area contributed by atoms with Gasteiger partial charge in [0.2, 0.25) is 0 Å². The topological polar surface area (TPSA) is 82.2 Å². The minimum absolute atomic E-state index is 0.0659. The number of hydrogen-bond acceptors (Lipinski definition) is 3. The lowest BCUT2D eigenvalue weighted by Crippen LogP contribution is -2.40. The van der Waals surface area contributed by atoms with Crippen molar-refractivity contribution in [2.75, 3.05) is 6.61 Å². The molecular formula is C20H24N2O3. The van der Waals surface area contributed by atoms with Crippen molar-refractivity contribution in [1.29, 1.82) is 0 Å². The lowest BCUT2D eigenvalue weighted by molar-refractivity contribution is 0.0912. The van der Waals surface area contributed by atoms with Gasteiger partial charge in [0.25, 0.3) is 11.5 Å². The molecule has 1 aliphatic rings. The summed E-state index contributed by atoms with van der Waals surface area (Å²) in [6.07, 6.45) is 3.49. The lowest BCUT2D eigenvalue weighted by atomic mass is 9.86. The van der Waals surface area contributed by atoms with Gasteiger partial charge in [0.05, 0.1) is 0 Å². The van der Waals surface area contributed by atoms with E-state index in [1.165, 1.54) is 0 Å². The summed E-state index contributed by atoms with van der Waals surface area (Å²) in [6, 6.07) is 11.4. The number of aryl methyl sites for hydroxylation is 1. The number of aromatic amines is 1. The van der Waals surface area contributed by atoms with Crippen LogP contribution in [0.4, 0.5) is 0 Å². The van der Waals surface area contributed by atoms with Gasteiger partial charge in [-0.05, 0) is 50.2 Å². The second-order valence-corrected chi connectivity index (χ2v) is 6.79. The van der Waals surface area contributed by atoms with Gasteiger partial charge in [-0.3, -0.25) is 9.59 Å². The zero-order valence-electron chi connectivity index (χ0n) is 14.4. The number of aromatic nitrogens is 1. The standard InChI is InChI=1S/C20H24N2O3/c1-13-17(15-5-3-2-4-6-15)11-18(19(24)21-13)20(25)22-16-9-7-14(12-23)8-10-16/h2-6,11,14,16,23H,7-10,12H2,1H3,(H,21,24)(H,22,25). The van der Waals surface area contributed by atoms with Crippen LogP contribution < -0.4 is 10.9 Å². The first-order valence-electron chi connectivity index (χ1n) is 8.79. The summed E-state index contributed by atoms with van der Waals surface area (Å²) >= 11 is 0. The van der Waals surface area contributed by atoms with Crippen molar-refractivity contribution in [2.45, 2.75) is 38.6 Å². The highest BCUT2D eigenvalue weighted by molar-refractivity contribution is 5.95. The largest absolute Gasteiger partial charge is 0.396 e. The first-order valence-corrected chi connectivity index (χ1v) is 8.79. The molecule has 1 aromatic carbocycles. The first-order chi connectivity index (χ1) is 12.1. The highest BCUT2D eigenvalue weighted by Gasteiger charge is 2.23. The normalized spacial score (nSPS) is 20.2. The van der Waals surface area contributed by atoms with E-state index in [0.717, 1.165) is 42.5 Å². The highest BCUT2D eigenvalue weighted by Crippen LogP contribution is 2.24. The molecule has 5 nitrogen and oxygen atoms in total. The van der Waals surface area contributed by atoms with E-state index >= 15 is 0 Å². The van der Waals surface area contributed by atoms with Crippen LogP contribution in [0, 0.1) is 12.8 Å². The summed E-state index contributed by atoms with van der Waals surface area (Å²) in [5.41, 5.74) is 2.35. The van der Waals surface area contributed by atoms with Gasteiger partial charge in [-0.1, -0.05) is 30.3 Å². The second kappa shape index (κ2) is 7.66. The Morgan fingerprint density at radius 2 is 1.88 bits per heavy atom. The molecule has 3 rings (SSSR count). The predicted octanol–water partition coefficient (Wildman–Crippen LogP) is 2.63. The van der Waals surface area contributed by atoms with Crippen LogP contribution in [0.5, 0.6) is 0 Å². The van der Waals surface area contributed by atoms with Crippen LogP contribution in [0.1, 0.15) is 41.7 Å². The van der Waals surface area contributed by atoms with Crippen LogP contribution in [0.3, 0.4) is 0 Å². The molecule has 1 saturated carbocycles. The van der Waals surface area contributed by atoms with E-state index in [0.29, 0.717) is 5.92 Å². The maximum atomic E-state index is 12.6. The average molecular weight is 340 g/mol. The number of carbonyl (C=O) groups is 1. The Bertz CT molecular complexity index is 790. The van der Waals surface area contributed by atoms with Gasteiger partial charge in [0.15, 0.2) is 0 Å². The average Bonchev–Trinajstić information content (AvgIpc) is 2.63. The van der Waals surface area contributed by atoms with E-state index in [2.05, 4.69) is 10.3 Å². The van der Waals surface area contributed by atoms with Crippen molar-refractivity contribution in [3.63, 3.8) is 0 Å². The van der Waals surface area contributed by atoms with E-state index in [4.69, 9.17) is 0 Å². The molecule has 0 radical (unpaired) electrons. The third-order valence-corrected chi connectivity index (χ3v) is 5.01. The summed E-state index contributed by atoms with van der Waals surface area (Å²) in [4.78, 5) is 27.6. The molecule has 1 fully saturated rings. The molecule has 3 N–H and O–H groups in total. The zero-order valence-corrected chi connectivity index (χ0v) is 14.4. The Labute approximate surface area is 147 Å². The zero-order chi connectivity index (χ0) is 17.8. The third-order valence-electron chi connectivity index (χ3n) is 5.01. The molecule has 5 heteroatoms. The Balaban J connectivity index is 1.80. The number of aliphatic hydroxyl groups is 1. The lowest BCUT2D eigenvalue weighted by Gasteiger charge is -2.27. The van der Waals surface area contributed by atoms with Gasteiger partial charge in [-0.15, -0.1) is 0 Å². The Morgan fingerprint density at radius 3 is 2.52 bits per heavy atom. The van der Waals surface area contributed by atoms with Crippen LogP contribution in [0.15, 0.2) is 41.2 Å². The van der Waals surface area contributed by atoms with E-state index in [1.807, 2.05) is 37.3 Å². The molecule has 0 aliphatic heterocycles. The Kier molecular flexibility index (Phi) is 5.34.